The summed E-state index contributed by atoms with van der Waals surface area (Å²) in [6.45, 7) is 11.3. The number of rotatable bonds is 13. The van der Waals surface area contributed by atoms with E-state index in [9.17, 15) is 4.79 Å². The van der Waals surface area contributed by atoms with Crippen molar-refractivity contribution < 1.29 is 9.90 Å². The van der Waals surface area contributed by atoms with Gasteiger partial charge in [-0.3, -0.25) is 0 Å². The fraction of sp³-hybridized carbons (Fsp3) is 0.850. The van der Waals surface area contributed by atoms with Crippen LogP contribution in [-0.4, -0.2) is 40.6 Å². The van der Waals surface area contributed by atoms with Crippen LogP contribution in [0.1, 0.15) is 92.4 Å². The summed E-state index contributed by atoms with van der Waals surface area (Å²) < 4.78 is 0. The van der Waals surface area contributed by atoms with E-state index in [1.54, 1.807) is 0 Å². The van der Waals surface area contributed by atoms with Gasteiger partial charge in [0.15, 0.2) is 0 Å². The molecule has 0 amide bonds. The van der Waals surface area contributed by atoms with E-state index in [1.807, 2.05) is 6.92 Å². The standard InChI is InChI=1S/C20H38O2.Na.H/c1-16(2)9-6-10-17(3)11-7-12-18(4)13-8-14-19(5)15-20(21)22;;/h15-18H,6-14H2,1-5H3,(H,21,22);;/b19-15+;;/t17-,18-;;/m1../s1. The predicted octanol–water partition coefficient (Wildman–Crippen LogP) is 5.81. The van der Waals surface area contributed by atoms with Crippen LogP contribution in [0.5, 0.6) is 0 Å². The summed E-state index contributed by atoms with van der Waals surface area (Å²) in [5.41, 5.74) is 0.985. The zero-order valence-corrected chi connectivity index (χ0v) is 15.5. The van der Waals surface area contributed by atoms with Crippen molar-refractivity contribution in [2.24, 2.45) is 17.8 Å². The minimum absolute atomic E-state index is 0. The van der Waals surface area contributed by atoms with Gasteiger partial charge in [-0.05, 0) is 37.5 Å². The molecule has 0 saturated heterocycles. The van der Waals surface area contributed by atoms with Crippen LogP contribution < -0.4 is 0 Å². The van der Waals surface area contributed by atoms with E-state index in [0.29, 0.717) is 0 Å². The second-order valence-electron chi connectivity index (χ2n) is 7.69. The van der Waals surface area contributed by atoms with Crippen molar-refractivity contribution in [3.63, 3.8) is 0 Å². The van der Waals surface area contributed by atoms with Gasteiger partial charge in [0, 0.05) is 6.08 Å². The first kappa shape index (κ1) is 25.5. The Bertz CT molecular complexity index is 324. The molecule has 0 spiro atoms. The van der Waals surface area contributed by atoms with Crippen molar-refractivity contribution in [2.75, 3.05) is 0 Å². The predicted molar refractivity (Wildman–Crippen MR) is 103 cm³/mol. The Morgan fingerprint density at radius 2 is 1.30 bits per heavy atom. The molecule has 0 fully saturated rings. The summed E-state index contributed by atoms with van der Waals surface area (Å²) in [6, 6.07) is 0. The average Bonchev–Trinajstić information content (AvgIpc) is 2.37. The topological polar surface area (TPSA) is 37.3 Å². The minimum atomic E-state index is -0.822. The number of hydrogen-bond acceptors (Lipinski definition) is 1. The van der Waals surface area contributed by atoms with Gasteiger partial charge >= 0.3 is 35.5 Å². The molecule has 0 saturated carbocycles. The quantitative estimate of drug-likeness (QED) is 0.341. The first-order chi connectivity index (χ1) is 10.3. The molecule has 132 valence electrons. The molecule has 1 N–H and O–H groups in total. The van der Waals surface area contributed by atoms with E-state index in [4.69, 9.17) is 5.11 Å². The molecule has 0 heterocycles. The first-order valence-electron chi connectivity index (χ1n) is 9.21. The van der Waals surface area contributed by atoms with Crippen LogP contribution in [-0.2, 0) is 4.79 Å². The molecule has 2 nitrogen and oxygen atoms in total. The van der Waals surface area contributed by atoms with E-state index < -0.39 is 5.97 Å². The van der Waals surface area contributed by atoms with Crippen LogP contribution in [0.4, 0.5) is 0 Å². The van der Waals surface area contributed by atoms with Gasteiger partial charge in [-0.15, -0.1) is 0 Å². The van der Waals surface area contributed by atoms with Gasteiger partial charge in [0.1, 0.15) is 0 Å². The summed E-state index contributed by atoms with van der Waals surface area (Å²) in [7, 11) is 0. The van der Waals surface area contributed by atoms with Gasteiger partial charge in [0.05, 0.1) is 0 Å². The fourth-order valence-electron chi connectivity index (χ4n) is 2.99. The molecule has 0 bridgehead atoms. The van der Waals surface area contributed by atoms with E-state index in [1.165, 1.54) is 51.0 Å². The Balaban J connectivity index is 0. The van der Waals surface area contributed by atoms with Crippen molar-refractivity contribution in [1.82, 2.24) is 0 Å². The third-order valence-electron chi connectivity index (χ3n) is 4.51. The van der Waals surface area contributed by atoms with Crippen molar-refractivity contribution >= 4 is 35.5 Å². The molecule has 0 radical (unpaired) electrons. The molecule has 2 atom stereocenters. The van der Waals surface area contributed by atoms with Gasteiger partial charge in [0.2, 0.25) is 0 Å². The van der Waals surface area contributed by atoms with Crippen molar-refractivity contribution in [3.8, 4) is 0 Å². The van der Waals surface area contributed by atoms with Gasteiger partial charge in [-0.1, -0.05) is 78.2 Å². The van der Waals surface area contributed by atoms with Crippen molar-refractivity contribution in [1.29, 1.82) is 0 Å². The number of hydrogen-bond donors (Lipinski definition) is 1. The van der Waals surface area contributed by atoms with Crippen molar-refractivity contribution in [2.45, 2.75) is 92.4 Å². The van der Waals surface area contributed by atoms with E-state index >= 15 is 0 Å². The zero-order valence-electron chi connectivity index (χ0n) is 15.5. The molecule has 0 rings (SSSR count). The van der Waals surface area contributed by atoms with Crippen LogP contribution in [0, 0.1) is 17.8 Å². The molecule has 3 heteroatoms. The number of allylic oxidation sites excluding steroid dienone is 1. The van der Waals surface area contributed by atoms with E-state index in [0.717, 1.165) is 36.2 Å². The molecule has 0 aromatic heterocycles. The molecule has 0 aromatic rings. The average molecular weight is 335 g/mol. The van der Waals surface area contributed by atoms with Gasteiger partial charge < -0.3 is 5.11 Å². The molecule has 0 aliphatic rings. The maximum absolute atomic E-state index is 10.5. The molecule has 0 aromatic carbocycles. The molecule has 0 unspecified atom stereocenters. The summed E-state index contributed by atoms with van der Waals surface area (Å²) >= 11 is 0. The number of carboxylic acid groups (broad SMARTS) is 1. The zero-order chi connectivity index (χ0) is 17.0. The second-order valence-corrected chi connectivity index (χ2v) is 7.69. The third-order valence-corrected chi connectivity index (χ3v) is 4.51. The Kier molecular flexibility index (Phi) is 17.4. The van der Waals surface area contributed by atoms with Gasteiger partial charge in [-0.25, -0.2) is 4.79 Å². The SMILES string of the molecule is C/C(=C\C(=O)O)CCC[C@H](C)CCC[C@H](C)CCCC(C)C.[NaH]. The summed E-state index contributed by atoms with van der Waals surface area (Å²) in [4.78, 5) is 10.5. The molecule has 23 heavy (non-hydrogen) atoms. The Morgan fingerprint density at radius 3 is 1.74 bits per heavy atom. The summed E-state index contributed by atoms with van der Waals surface area (Å²) in [6.07, 6.45) is 12.7. The summed E-state index contributed by atoms with van der Waals surface area (Å²) in [5.74, 6) is 1.65. The Labute approximate surface area is 166 Å². The van der Waals surface area contributed by atoms with Gasteiger partial charge in [-0.2, -0.15) is 0 Å². The fourth-order valence-corrected chi connectivity index (χ4v) is 2.99. The van der Waals surface area contributed by atoms with Gasteiger partial charge in [0.25, 0.3) is 0 Å². The second kappa shape index (κ2) is 15.7. The van der Waals surface area contributed by atoms with Crippen LogP contribution in [0.25, 0.3) is 0 Å². The number of carbonyl (C=O) groups is 1. The summed E-state index contributed by atoms with van der Waals surface area (Å²) in [5, 5.41) is 8.68. The maximum atomic E-state index is 10.5. The first-order valence-corrected chi connectivity index (χ1v) is 9.21. The van der Waals surface area contributed by atoms with Crippen LogP contribution in [0.3, 0.4) is 0 Å². The van der Waals surface area contributed by atoms with Crippen LogP contribution in [0.15, 0.2) is 11.6 Å². The molecular formula is C20H39NaO2. The van der Waals surface area contributed by atoms with Crippen LogP contribution in [0.2, 0.25) is 0 Å². The van der Waals surface area contributed by atoms with E-state index in [2.05, 4.69) is 27.7 Å². The monoisotopic (exact) mass is 334 g/mol. The third kappa shape index (κ3) is 18.4. The van der Waals surface area contributed by atoms with E-state index in [-0.39, 0.29) is 29.6 Å². The van der Waals surface area contributed by atoms with Crippen LogP contribution >= 0.6 is 0 Å². The molecule has 0 aliphatic heterocycles. The Hall–Kier alpha value is 0.210. The molecular weight excluding hydrogens is 295 g/mol. The van der Waals surface area contributed by atoms with Crippen molar-refractivity contribution in [3.05, 3.63) is 11.6 Å². The number of aliphatic carboxylic acids is 1. The molecule has 0 aliphatic carbocycles. The normalized spacial score (nSPS) is 14.4. The number of carboxylic acids is 1. The Morgan fingerprint density at radius 1 is 0.870 bits per heavy atom.